The van der Waals surface area contributed by atoms with Crippen LogP contribution in [0.1, 0.15) is 18.4 Å². The summed E-state index contributed by atoms with van der Waals surface area (Å²) >= 11 is 0. The van der Waals surface area contributed by atoms with Crippen LogP contribution >= 0.6 is 0 Å². The molecule has 1 fully saturated rings. The maximum atomic E-state index is 10.8. The number of rotatable bonds is 3. The molecular weight excluding hydrogens is 202 g/mol. The van der Waals surface area contributed by atoms with E-state index in [0.717, 1.165) is 25.8 Å². The molecule has 1 unspecified atom stereocenters. The van der Waals surface area contributed by atoms with E-state index in [0.29, 0.717) is 5.92 Å². The lowest BCUT2D eigenvalue weighted by molar-refractivity contribution is -0.140. The number of benzene rings is 1. The average molecular weight is 219 g/mol. The second-order valence-electron chi connectivity index (χ2n) is 4.43. The Morgan fingerprint density at radius 2 is 2.06 bits per heavy atom. The molecule has 2 atom stereocenters. The minimum atomic E-state index is -0.724. The van der Waals surface area contributed by atoms with Crippen molar-refractivity contribution in [3.8, 4) is 0 Å². The molecule has 3 nitrogen and oxygen atoms in total. The third kappa shape index (κ3) is 2.83. The first kappa shape index (κ1) is 11.1. The van der Waals surface area contributed by atoms with Gasteiger partial charge in [-0.3, -0.25) is 4.79 Å². The first-order chi connectivity index (χ1) is 7.75. The summed E-state index contributed by atoms with van der Waals surface area (Å²) in [5, 5.41) is 11.9. The summed E-state index contributed by atoms with van der Waals surface area (Å²) < 4.78 is 0. The van der Waals surface area contributed by atoms with Gasteiger partial charge in [-0.1, -0.05) is 30.3 Å². The van der Waals surface area contributed by atoms with Gasteiger partial charge in [-0.05, 0) is 37.3 Å². The molecule has 3 heteroatoms. The lowest BCUT2D eigenvalue weighted by Gasteiger charge is -2.27. The Bertz CT molecular complexity index is 342. The van der Waals surface area contributed by atoms with E-state index in [1.54, 1.807) is 0 Å². The van der Waals surface area contributed by atoms with Crippen molar-refractivity contribution < 1.29 is 9.90 Å². The Hall–Kier alpha value is -1.35. The van der Waals surface area contributed by atoms with E-state index in [-0.39, 0.29) is 6.04 Å². The molecule has 0 aromatic heterocycles. The Labute approximate surface area is 95.5 Å². The maximum absolute atomic E-state index is 10.8. The number of hydrogen-bond acceptors (Lipinski definition) is 2. The van der Waals surface area contributed by atoms with Crippen LogP contribution in [0.3, 0.4) is 0 Å². The molecule has 0 aliphatic carbocycles. The van der Waals surface area contributed by atoms with Crippen molar-refractivity contribution in [2.24, 2.45) is 5.92 Å². The lowest BCUT2D eigenvalue weighted by Crippen LogP contribution is -2.44. The summed E-state index contributed by atoms with van der Waals surface area (Å²) in [6, 6.07) is 10.0. The molecule has 1 aromatic carbocycles. The van der Waals surface area contributed by atoms with Crippen LogP contribution < -0.4 is 5.32 Å². The van der Waals surface area contributed by atoms with Crippen molar-refractivity contribution in [2.45, 2.75) is 25.3 Å². The van der Waals surface area contributed by atoms with Crippen LogP contribution in [0.5, 0.6) is 0 Å². The zero-order valence-electron chi connectivity index (χ0n) is 9.23. The molecule has 1 saturated heterocycles. The molecule has 86 valence electrons. The minimum absolute atomic E-state index is 0.341. The predicted octanol–water partition coefficient (Wildman–Crippen LogP) is 1.68. The third-order valence-electron chi connectivity index (χ3n) is 3.18. The van der Waals surface area contributed by atoms with E-state index in [2.05, 4.69) is 17.4 Å². The fourth-order valence-electron chi connectivity index (χ4n) is 2.25. The number of aliphatic carboxylic acids is 1. The lowest BCUT2D eigenvalue weighted by atomic mass is 9.89. The molecule has 1 aromatic rings. The molecule has 1 aliphatic heterocycles. The van der Waals surface area contributed by atoms with Gasteiger partial charge < -0.3 is 10.4 Å². The number of piperidine rings is 1. The molecule has 2 rings (SSSR count). The fraction of sp³-hybridized carbons (Fsp3) is 0.462. The summed E-state index contributed by atoms with van der Waals surface area (Å²) in [6.07, 6.45) is 2.78. The van der Waals surface area contributed by atoms with E-state index >= 15 is 0 Å². The van der Waals surface area contributed by atoms with E-state index in [1.165, 1.54) is 5.56 Å². The van der Waals surface area contributed by atoms with E-state index in [1.807, 2.05) is 18.2 Å². The largest absolute Gasteiger partial charge is 0.480 e. The third-order valence-corrected chi connectivity index (χ3v) is 3.18. The van der Waals surface area contributed by atoms with Crippen molar-refractivity contribution >= 4 is 5.97 Å². The Kier molecular flexibility index (Phi) is 3.57. The minimum Gasteiger partial charge on any atom is -0.480 e. The Morgan fingerprint density at radius 1 is 1.31 bits per heavy atom. The summed E-state index contributed by atoms with van der Waals surface area (Å²) in [6.45, 7) is 0.811. The van der Waals surface area contributed by atoms with Gasteiger partial charge in [0.15, 0.2) is 0 Å². The van der Waals surface area contributed by atoms with Crippen LogP contribution in [-0.2, 0) is 11.2 Å². The van der Waals surface area contributed by atoms with Gasteiger partial charge in [0, 0.05) is 0 Å². The summed E-state index contributed by atoms with van der Waals surface area (Å²) in [7, 11) is 0. The van der Waals surface area contributed by atoms with Crippen LogP contribution in [0.15, 0.2) is 30.3 Å². The normalized spacial score (nSPS) is 25.2. The molecule has 0 saturated carbocycles. The molecule has 0 amide bonds. The first-order valence-electron chi connectivity index (χ1n) is 5.76. The highest BCUT2D eigenvalue weighted by atomic mass is 16.4. The Balaban J connectivity index is 1.84. The van der Waals surface area contributed by atoms with E-state index in [9.17, 15) is 4.79 Å². The average Bonchev–Trinajstić information content (AvgIpc) is 2.31. The summed E-state index contributed by atoms with van der Waals surface area (Å²) in [4.78, 5) is 10.8. The molecule has 0 spiro atoms. The molecular formula is C13H17NO2. The van der Waals surface area contributed by atoms with E-state index in [4.69, 9.17) is 5.11 Å². The highest BCUT2D eigenvalue weighted by Crippen LogP contribution is 2.19. The number of nitrogens with one attached hydrogen (secondary N) is 1. The molecule has 0 radical (unpaired) electrons. The maximum Gasteiger partial charge on any atom is 0.320 e. The fourth-order valence-corrected chi connectivity index (χ4v) is 2.25. The molecule has 16 heavy (non-hydrogen) atoms. The monoisotopic (exact) mass is 219 g/mol. The smallest absolute Gasteiger partial charge is 0.320 e. The van der Waals surface area contributed by atoms with Crippen molar-refractivity contribution in [2.75, 3.05) is 6.54 Å². The molecule has 1 heterocycles. The van der Waals surface area contributed by atoms with Gasteiger partial charge in [0.1, 0.15) is 6.04 Å². The van der Waals surface area contributed by atoms with Crippen LogP contribution in [0, 0.1) is 5.92 Å². The van der Waals surface area contributed by atoms with Crippen molar-refractivity contribution in [3.05, 3.63) is 35.9 Å². The number of carboxylic acids is 1. The molecule has 1 aliphatic rings. The van der Waals surface area contributed by atoms with Crippen molar-refractivity contribution in [3.63, 3.8) is 0 Å². The Morgan fingerprint density at radius 3 is 2.62 bits per heavy atom. The topological polar surface area (TPSA) is 49.3 Å². The predicted molar refractivity (Wildman–Crippen MR) is 62.3 cm³/mol. The number of carboxylic acid groups (broad SMARTS) is 1. The van der Waals surface area contributed by atoms with Gasteiger partial charge in [0.25, 0.3) is 0 Å². The first-order valence-corrected chi connectivity index (χ1v) is 5.76. The van der Waals surface area contributed by atoms with Gasteiger partial charge in [0.2, 0.25) is 0 Å². The highest BCUT2D eigenvalue weighted by molar-refractivity contribution is 5.73. The van der Waals surface area contributed by atoms with Gasteiger partial charge in [-0.2, -0.15) is 0 Å². The van der Waals surface area contributed by atoms with Gasteiger partial charge in [-0.25, -0.2) is 0 Å². The van der Waals surface area contributed by atoms with E-state index < -0.39 is 5.97 Å². The zero-order chi connectivity index (χ0) is 11.4. The second kappa shape index (κ2) is 5.12. The summed E-state index contributed by atoms with van der Waals surface area (Å²) in [5.41, 5.74) is 1.34. The van der Waals surface area contributed by atoms with Crippen LogP contribution in [0.25, 0.3) is 0 Å². The summed E-state index contributed by atoms with van der Waals surface area (Å²) in [5.74, 6) is -0.156. The second-order valence-corrected chi connectivity index (χ2v) is 4.43. The number of hydrogen-bond donors (Lipinski definition) is 2. The van der Waals surface area contributed by atoms with Crippen molar-refractivity contribution in [1.29, 1.82) is 0 Å². The van der Waals surface area contributed by atoms with Gasteiger partial charge in [0.05, 0.1) is 0 Å². The molecule has 0 bridgehead atoms. The van der Waals surface area contributed by atoms with Crippen LogP contribution in [-0.4, -0.2) is 23.7 Å². The number of carbonyl (C=O) groups is 1. The SMILES string of the molecule is O=C(O)C1CC[C@@H](Cc2ccccc2)CN1. The van der Waals surface area contributed by atoms with Crippen LogP contribution in [0.2, 0.25) is 0 Å². The quantitative estimate of drug-likeness (QED) is 0.813. The highest BCUT2D eigenvalue weighted by Gasteiger charge is 2.24. The molecule has 2 N–H and O–H groups in total. The van der Waals surface area contributed by atoms with Crippen molar-refractivity contribution in [1.82, 2.24) is 5.32 Å². The van der Waals surface area contributed by atoms with Crippen LogP contribution in [0.4, 0.5) is 0 Å². The van der Waals surface area contributed by atoms with Gasteiger partial charge in [-0.15, -0.1) is 0 Å². The zero-order valence-corrected chi connectivity index (χ0v) is 9.23. The van der Waals surface area contributed by atoms with Gasteiger partial charge >= 0.3 is 5.97 Å². The standard InChI is InChI=1S/C13H17NO2/c15-13(16)12-7-6-11(9-14-12)8-10-4-2-1-3-5-10/h1-5,11-12,14H,6-9H2,(H,15,16)/t11-,12?/m0/s1.